The molecule has 33 heavy (non-hydrogen) atoms. The third-order valence-electron chi connectivity index (χ3n) is 6.95. The van der Waals surface area contributed by atoms with E-state index in [0.29, 0.717) is 6.61 Å². The molecule has 0 aromatic rings. The first-order chi connectivity index (χ1) is 15.5. The van der Waals surface area contributed by atoms with Gasteiger partial charge in [0.15, 0.2) is 0 Å². The van der Waals surface area contributed by atoms with Gasteiger partial charge in [0.25, 0.3) is 0 Å². The molecule has 1 rings (SSSR count). The van der Waals surface area contributed by atoms with E-state index in [1.54, 1.807) is 13.8 Å². The summed E-state index contributed by atoms with van der Waals surface area (Å²) < 4.78 is 6.32. The molecule has 1 fully saturated rings. The zero-order valence-corrected chi connectivity index (χ0v) is 23.5. The molecule has 0 amide bonds. The van der Waals surface area contributed by atoms with Crippen LogP contribution >= 0.6 is 0 Å². The van der Waals surface area contributed by atoms with Crippen LogP contribution in [0.4, 0.5) is 0 Å². The lowest BCUT2D eigenvalue weighted by Crippen LogP contribution is -2.62. The van der Waals surface area contributed by atoms with Crippen LogP contribution in [0.2, 0.25) is 0 Å². The lowest BCUT2D eigenvalue weighted by atomic mass is 9.80. The summed E-state index contributed by atoms with van der Waals surface area (Å²) in [5, 5.41) is 12.2. The van der Waals surface area contributed by atoms with Gasteiger partial charge in [-0.2, -0.15) is 5.06 Å². The Morgan fingerprint density at radius 3 is 1.52 bits per heavy atom. The standard InChI is InChI=1S/C29H59NO3/c1-8-9-10-11-12-13-14-15-16-17-18-19-20-21-22-32-26-23-27(2,3)30(28(4,5)24-26)33-25-29(6,7)31/h26,31H,8-25H2,1-7H3. The van der Waals surface area contributed by atoms with E-state index >= 15 is 0 Å². The molecule has 198 valence electrons. The number of rotatable bonds is 19. The molecule has 1 N–H and O–H groups in total. The van der Waals surface area contributed by atoms with Crippen molar-refractivity contribution in [1.29, 1.82) is 0 Å². The smallest absolute Gasteiger partial charge is 0.0967 e. The number of aliphatic hydroxyl groups is 1. The predicted molar refractivity (Wildman–Crippen MR) is 142 cm³/mol. The van der Waals surface area contributed by atoms with Gasteiger partial charge in [-0.25, -0.2) is 0 Å². The van der Waals surface area contributed by atoms with Crippen molar-refractivity contribution < 1.29 is 14.7 Å². The highest BCUT2D eigenvalue weighted by molar-refractivity contribution is 4.97. The predicted octanol–water partition coefficient (Wildman–Crippen LogP) is 8.21. The molecule has 0 radical (unpaired) electrons. The van der Waals surface area contributed by atoms with Gasteiger partial charge in [0.1, 0.15) is 0 Å². The highest BCUT2D eigenvalue weighted by Crippen LogP contribution is 2.40. The van der Waals surface area contributed by atoms with E-state index in [9.17, 15) is 5.11 Å². The molecule has 0 aromatic heterocycles. The average molecular weight is 470 g/mol. The zero-order valence-electron chi connectivity index (χ0n) is 23.5. The maximum Gasteiger partial charge on any atom is 0.0967 e. The molecule has 4 nitrogen and oxygen atoms in total. The summed E-state index contributed by atoms with van der Waals surface area (Å²) in [6, 6.07) is 0. The van der Waals surface area contributed by atoms with Crippen molar-refractivity contribution in [3.8, 4) is 0 Å². The van der Waals surface area contributed by atoms with Crippen LogP contribution in [0.3, 0.4) is 0 Å². The minimum Gasteiger partial charge on any atom is -0.388 e. The van der Waals surface area contributed by atoms with Crippen LogP contribution in [0.1, 0.15) is 151 Å². The second-order valence-electron chi connectivity index (χ2n) is 12.5. The number of hydrogen-bond acceptors (Lipinski definition) is 4. The minimum absolute atomic E-state index is 0.118. The quantitative estimate of drug-likeness (QED) is 0.194. The monoisotopic (exact) mass is 469 g/mol. The number of piperidine rings is 1. The van der Waals surface area contributed by atoms with Gasteiger partial charge in [-0.15, -0.1) is 0 Å². The second-order valence-corrected chi connectivity index (χ2v) is 12.5. The summed E-state index contributed by atoms with van der Waals surface area (Å²) in [5.41, 5.74) is -1.06. The Bertz CT molecular complexity index is 466. The molecule has 1 aliphatic heterocycles. The van der Waals surface area contributed by atoms with Crippen molar-refractivity contribution in [3.63, 3.8) is 0 Å². The highest BCUT2D eigenvalue weighted by atomic mass is 16.7. The van der Waals surface area contributed by atoms with Crippen LogP contribution in [0.25, 0.3) is 0 Å². The SMILES string of the molecule is CCCCCCCCCCCCCCCCOC1CC(C)(C)N(OCC(C)(C)O)C(C)(C)C1. The highest BCUT2D eigenvalue weighted by Gasteiger charge is 2.47. The van der Waals surface area contributed by atoms with Crippen LogP contribution < -0.4 is 0 Å². The molecular formula is C29H59NO3. The molecule has 0 unspecified atom stereocenters. The fraction of sp³-hybridized carbons (Fsp3) is 1.00. The first kappa shape index (κ1) is 30.9. The van der Waals surface area contributed by atoms with E-state index < -0.39 is 5.60 Å². The molecule has 1 saturated heterocycles. The Hall–Kier alpha value is -0.160. The Kier molecular flexibility index (Phi) is 14.7. The van der Waals surface area contributed by atoms with Crippen LogP contribution in [-0.2, 0) is 9.57 Å². The Labute approximate surface area is 207 Å². The Morgan fingerprint density at radius 2 is 1.12 bits per heavy atom. The number of ether oxygens (including phenoxy) is 1. The number of nitrogens with zero attached hydrogens (tertiary/aromatic N) is 1. The van der Waals surface area contributed by atoms with Gasteiger partial charge < -0.3 is 9.84 Å². The van der Waals surface area contributed by atoms with Crippen molar-refractivity contribution in [2.75, 3.05) is 13.2 Å². The van der Waals surface area contributed by atoms with Crippen molar-refractivity contribution >= 4 is 0 Å². The summed E-state index contributed by atoms with van der Waals surface area (Å²) in [5.74, 6) is 0. The third kappa shape index (κ3) is 14.1. The van der Waals surface area contributed by atoms with E-state index in [-0.39, 0.29) is 17.2 Å². The van der Waals surface area contributed by atoms with Crippen molar-refractivity contribution in [2.24, 2.45) is 0 Å². The lowest BCUT2D eigenvalue weighted by molar-refractivity contribution is -0.308. The van der Waals surface area contributed by atoms with Gasteiger partial charge in [0.05, 0.1) is 18.3 Å². The molecule has 0 atom stereocenters. The van der Waals surface area contributed by atoms with E-state index in [4.69, 9.17) is 9.57 Å². The summed E-state index contributed by atoms with van der Waals surface area (Å²) in [6.45, 7) is 15.9. The van der Waals surface area contributed by atoms with E-state index in [0.717, 1.165) is 19.4 Å². The minimum atomic E-state index is -0.826. The van der Waals surface area contributed by atoms with Gasteiger partial charge in [0, 0.05) is 17.7 Å². The van der Waals surface area contributed by atoms with E-state index in [1.807, 2.05) is 0 Å². The molecule has 1 heterocycles. The number of unbranched alkanes of at least 4 members (excludes halogenated alkanes) is 13. The van der Waals surface area contributed by atoms with Crippen molar-refractivity contribution in [1.82, 2.24) is 5.06 Å². The third-order valence-corrected chi connectivity index (χ3v) is 6.95. The second kappa shape index (κ2) is 15.8. The summed E-state index contributed by atoms with van der Waals surface area (Å²) >= 11 is 0. The molecule has 0 aromatic carbocycles. The largest absolute Gasteiger partial charge is 0.388 e. The first-order valence-electron chi connectivity index (χ1n) is 14.3. The summed E-state index contributed by atoms with van der Waals surface area (Å²) in [7, 11) is 0. The molecule has 0 bridgehead atoms. The normalized spacial score (nSPS) is 19.3. The molecular weight excluding hydrogens is 410 g/mol. The summed E-state index contributed by atoms with van der Waals surface area (Å²) in [4.78, 5) is 6.09. The van der Waals surface area contributed by atoms with Crippen LogP contribution in [-0.4, -0.2) is 46.2 Å². The lowest BCUT2D eigenvalue weighted by Gasteiger charge is -2.54. The Balaban J connectivity index is 2.08. The maximum atomic E-state index is 10.1. The van der Waals surface area contributed by atoms with Gasteiger partial charge in [-0.1, -0.05) is 90.4 Å². The molecule has 4 heteroatoms. The Morgan fingerprint density at radius 1 is 0.727 bits per heavy atom. The van der Waals surface area contributed by atoms with Gasteiger partial charge in [0.2, 0.25) is 0 Å². The molecule has 0 aliphatic carbocycles. The van der Waals surface area contributed by atoms with Gasteiger partial charge in [-0.05, 0) is 60.8 Å². The first-order valence-corrected chi connectivity index (χ1v) is 14.3. The van der Waals surface area contributed by atoms with Crippen LogP contribution in [0, 0.1) is 0 Å². The molecule has 1 aliphatic rings. The van der Waals surface area contributed by atoms with E-state index in [2.05, 4.69) is 39.7 Å². The van der Waals surface area contributed by atoms with Gasteiger partial charge >= 0.3 is 0 Å². The van der Waals surface area contributed by atoms with Crippen molar-refractivity contribution in [2.45, 2.75) is 174 Å². The number of hydroxylamine groups is 2. The fourth-order valence-corrected chi connectivity index (χ4v) is 5.41. The van der Waals surface area contributed by atoms with Crippen LogP contribution in [0.15, 0.2) is 0 Å². The van der Waals surface area contributed by atoms with E-state index in [1.165, 1.54) is 89.9 Å². The molecule has 0 saturated carbocycles. The topological polar surface area (TPSA) is 41.9 Å². The molecule has 0 spiro atoms. The number of hydrogen-bond donors (Lipinski definition) is 1. The van der Waals surface area contributed by atoms with Crippen LogP contribution in [0.5, 0.6) is 0 Å². The average Bonchev–Trinajstić information content (AvgIpc) is 2.68. The van der Waals surface area contributed by atoms with Crippen molar-refractivity contribution in [3.05, 3.63) is 0 Å². The summed E-state index contributed by atoms with van der Waals surface area (Å²) in [6.07, 6.45) is 21.6. The maximum absolute atomic E-state index is 10.1. The zero-order chi connectivity index (χ0) is 24.8. The fourth-order valence-electron chi connectivity index (χ4n) is 5.41. The van der Waals surface area contributed by atoms with Gasteiger partial charge in [-0.3, -0.25) is 4.84 Å².